The minimum Gasteiger partial charge on any atom is -0.466 e. The van der Waals surface area contributed by atoms with Crippen LogP contribution < -0.4 is 5.32 Å². The Labute approximate surface area is 115 Å². The fraction of sp³-hybridized carbons (Fsp3) is 0.929. The molecule has 0 heterocycles. The topological polar surface area (TPSA) is 38.3 Å². The van der Waals surface area contributed by atoms with Gasteiger partial charge in [0.2, 0.25) is 0 Å². The summed E-state index contributed by atoms with van der Waals surface area (Å²) < 4.78 is 5.08. The SMILES string of the molecule is CCOC(=O)C1CCC(NCCCSCC)CC1. The third-order valence-corrected chi connectivity index (χ3v) is 4.44. The van der Waals surface area contributed by atoms with E-state index in [1.165, 1.54) is 17.9 Å². The quantitative estimate of drug-likeness (QED) is 0.545. The van der Waals surface area contributed by atoms with E-state index in [1.54, 1.807) is 0 Å². The molecule has 1 aliphatic carbocycles. The molecular formula is C14H27NO2S. The van der Waals surface area contributed by atoms with Crippen LogP contribution in [0.3, 0.4) is 0 Å². The lowest BCUT2D eigenvalue weighted by Crippen LogP contribution is -2.36. The summed E-state index contributed by atoms with van der Waals surface area (Å²) in [5.74, 6) is 2.63. The Balaban J connectivity index is 2.06. The summed E-state index contributed by atoms with van der Waals surface area (Å²) in [5, 5.41) is 3.61. The summed E-state index contributed by atoms with van der Waals surface area (Å²) in [7, 11) is 0. The summed E-state index contributed by atoms with van der Waals surface area (Å²) in [6.07, 6.45) is 5.45. The van der Waals surface area contributed by atoms with E-state index in [0.717, 1.165) is 32.2 Å². The molecule has 0 amide bonds. The van der Waals surface area contributed by atoms with Gasteiger partial charge in [0.25, 0.3) is 0 Å². The predicted octanol–water partition coefficient (Wildman–Crippen LogP) is 2.84. The first-order valence-corrected chi connectivity index (χ1v) is 8.41. The molecule has 3 nitrogen and oxygen atoms in total. The molecule has 0 saturated heterocycles. The van der Waals surface area contributed by atoms with Crippen molar-refractivity contribution < 1.29 is 9.53 Å². The first-order valence-electron chi connectivity index (χ1n) is 7.25. The highest BCUT2D eigenvalue weighted by Gasteiger charge is 2.26. The number of carbonyl (C=O) groups excluding carboxylic acids is 1. The highest BCUT2D eigenvalue weighted by Crippen LogP contribution is 2.25. The number of hydrogen-bond donors (Lipinski definition) is 1. The standard InChI is InChI=1S/C14H27NO2S/c1-3-17-14(16)12-6-8-13(9-7-12)15-10-5-11-18-4-2/h12-13,15H,3-11H2,1-2H3. The molecule has 0 radical (unpaired) electrons. The minimum atomic E-state index is 0.00953. The molecule has 0 bridgehead atoms. The zero-order valence-electron chi connectivity index (χ0n) is 11.7. The van der Waals surface area contributed by atoms with E-state index in [2.05, 4.69) is 12.2 Å². The first-order chi connectivity index (χ1) is 8.77. The van der Waals surface area contributed by atoms with Crippen molar-refractivity contribution >= 4 is 17.7 Å². The van der Waals surface area contributed by atoms with Crippen molar-refractivity contribution in [3.05, 3.63) is 0 Å². The molecule has 0 atom stereocenters. The molecule has 0 aromatic heterocycles. The largest absolute Gasteiger partial charge is 0.466 e. The first kappa shape index (κ1) is 15.8. The van der Waals surface area contributed by atoms with Gasteiger partial charge in [-0.2, -0.15) is 11.8 Å². The summed E-state index contributed by atoms with van der Waals surface area (Å²) in [6, 6.07) is 0.613. The van der Waals surface area contributed by atoms with Crippen LogP contribution in [-0.2, 0) is 9.53 Å². The van der Waals surface area contributed by atoms with Gasteiger partial charge in [-0.3, -0.25) is 4.79 Å². The molecule has 4 heteroatoms. The molecule has 1 aliphatic rings. The maximum absolute atomic E-state index is 11.6. The van der Waals surface area contributed by atoms with Crippen molar-refractivity contribution in [2.24, 2.45) is 5.92 Å². The van der Waals surface area contributed by atoms with E-state index in [0.29, 0.717) is 12.6 Å². The Morgan fingerprint density at radius 1 is 1.28 bits per heavy atom. The highest BCUT2D eigenvalue weighted by atomic mass is 32.2. The van der Waals surface area contributed by atoms with Gasteiger partial charge in [0, 0.05) is 6.04 Å². The number of ether oxygens (including phenoxy) is 1. The van der Waals surface area contributed by atoms with Crippen LogP contribution in [-0.4, -0.2) is 36.7 Å². The second-order valence-corrected chi connectivity index (χ2v) is 6.20. The second kappa shape index (κ2) is 9.68. The van der Waals surface area contributed by atoms with Gasteiger partial charge in [0.05, 0.1) is 12.5 Å². The fourth-order valence-corrected chi connectivity index (χ4v) is 3.06. The summed E-state index contributed by atoms with van der Waals surface area (Å²) in [4.78, 5) is 11.6. The van der Waals surface area contributed by atoms with Gasteiger partial charge in [0.1, 0.15) is 0 Å². The van der Waals surface area contributed by atoms with Crippen LogP contribution in [0.1, 0.15) is 46.0 Å². The van der Waals surface area contributed by atoms with Crippen LogP contribution in [0.15, 0.2) is 0 Å². The van der Waals surface area contributed by atoms with Gasteiger partial charge in [-0.25, -0.2) is 0 Å². The number of carbonyl (C=O) groups is 1. The van der Waals surface area contributed by atoms with E-state index in [9.17, 15) is 4.79 Å². The molecular weight excluding hydrogens is 246 g/mol. The number of rotatable bonds is 8. The smallest absolute Gasteiger partial charge is 0.308 e. The van der Waals surface area contributed by atoms with Crippen LogP contribution in [0.5, 0.6) is 0 Å². The molecule has 0 spiro atoms. The van der Waals surface area contributed by atoms with Crippen LogP contribution >= 0.6 is 11.8 Å². The van der Waals surface area contributed by atoms with Gasteiger partial charge >= 0.3 is 5.97 Å². The molecule has 1 N–H and O–H groups in total. The van der Waals surface area contributed by atoms with Crippen molar-refractivity contribution in [3.8, 4) is 0 Å². The second-order valence-electron chi connectivity index (χ2n) is 4.81. The van der Waals surface area contributed by atoms with Crippen LogP contribution in [0.25, 0.3) is 0 Å². The average molecular weight is 273 g/mol. The number of esters is 1. The van der Waals surface area contributed by atoms with Crippen molar-refractivity contribution in [3.63, 3.8) is 0 Å². The van der Waals surface area contributed by atoms with E-state index in [-0.39, 0.29) is 11.9 Å². The third-order valence-electron chi connectivity index (χ3n) is 3.45. The molecule has 0 aliphatic heterocycles. The Hall–Kier alpha value is -0.220. The maximum atomic E-state index is 11.6. The predicted molar refractivity (Wildman–Crippen MR) is 78.0 cm³/mol. The van der Waals surface area contributed by atoms with E-state index in [1.807, 2.05) is 18.7 Å². The van der Waals surface area contributed by atoms with Crippen molar-refractivity contribution in [2.45, 2.75) is 52.0 Å². The summed E-state index contributed by atoms with van der Waals surface area (Å²) in [6.45, 7) is 5.70. The zero-order chi connectivity index (χ0) is 13.2. The Bertz CT molecular complexity index is 228. The number of hydrogen-bond acceptors (Lipinski definition) is 4. The highest BCUT2D eigenvalue weighted by molar-refractivity contribution is 7.99. The summed E-state index contributed by atoms with van der Waals surface area (Å²) >= 11 is 2.00. The van der Waals surface area contributed by atoms with Crippen LogP contribution in [0.4, 0.5) is 0 Å². The van der Waals surface area contributed by atoms with Crippen molar-refractivity contribution in [2.75, 3.05) is 24.7 Å². The molecule has 1 fully saturated rings. The Morgan fingerprint density at radius 2 is 2.00 bits per heavy atom. The molecule has 1 rings (SSSR count). The molecule has 106 valence electrons. The zero-order valence-corrected chi connectivity index (χ0v) is 12.6. The molecule has 0 aromatic carbocycles. The van der Waals surface area contributed by atoms with E-state index < -0.39 is 0 Å². The average Bonchev–Trinajstić information content (AvgIpc) is 2.39. The van der Waals surface area contributed by atoms with E-state index >= 15 is 0 Å². The normalized spacial score (nSPS) is 23.9. The third kappa shape index (κ3) is 6.10. The Kier molecular flexibility index (Phi) is 8.51. The monoisotopic (exact) mass is 273 g/mol. The van der Waals surface area contributed by atoms with Crippen molar-refractivity contribution in [1.82, 2.24) is 5.32 Å². The minimum absolute atomic E-state index is 0.00953. The van der Waals surface area contributed by atoms with Gasteiger partial charge in [0.15, 0.2) is 0 Å². The van der Waals surface area contributed by atoms with Crippen molar-refractivity contribution in [1.29, 1.82) is 0 Å². The van der Waals surface area contributed by atoms with E-state index in [4.69, 9.17) is 4.74 Å². The summed E-state index contributed by atoms with van der Waals surface area (Å²) in [5.41, 5.74) is 0. The number of thioether (sulfide) groups is 1. The lowest BCUT2D eigenvalue weighted by Gasteiger charge is -2.27. The van der Waals surface area contributed by atoms with Gasteiger partial charge in [-0.1, -0.05) is 6.92 Å². The van der Waals surface area contributed by atoms with Crippen LogP contribution in [0.2, 0.25) is 0 Å². The Morgan fingerprint density at radius 3 is 2.61 bits per heavy atom. The molecule has 0 aromatic rings. The lowest BCUT2D eigenvalue weighted by atomic mass is 9.86. The van der Waals surface area contributed by atoms with Gasteiger partial charge < -0.3 is 10.1 Å². The lowest BCUT2D eigenvalue weighted by molar-refractivity contribution is -0.149. The molecule has 0 unspecified atom stereocenters. The molecule has 1 saturated carbocycles. The van der Waals surface area contributed by atoms with Gasteiger partial charge in [-0.15, -0.1) is 0 Å². The van der Waals surface area contributed by atoms with Gasteiger partial charge in [-0.05, 0) is 57.1 Å². The maximum Gasteiger partial charge on any atom is 0.308 e. The number of nitrogens with one attached hydrogen (secondary N) is 1. The van der Waals surface area contributed by atoms with Crippen LogP contribution in [0, 0.1) is 5.92 Å². The fourth-order valence-electron chi connectivity index (χ4n) is 2.42. The molecule has 18 heavy (non-hydrogen) atoms.